The first kappa shape index (κ1) is 13.0. The van der Waals surface area contributed by atoms with Gasteiger partial charge in [0.1, 0.15) is 0 Å². The van der Waals surface area contributed by atoms with E-state index in [1.807, 2.05) is 11.8 Å². The molecule has 0 amide bonds. The molecule has 1 aliphatic rings. The van der Waals surface area contributed by atoms with E-state index in [-0.39, 0.29) is 0 Å². The lowest BCUT2D eigenvalue weighted by atomic mass is 9.75. The molecule has 2 heteroatoms. The van der Waals surface area contributed by atoms with Crippen molar-refractivity contribution in [3.05, 3.63) is 29.8 Å². The number of benzene rings is 1. The summed E-state index contributed by atoms with van der Waals surface area (Å²) in [5.41, 5.74) is 1.53. The molecule has 1 aromatic rings. The van der Waals surface area contributed by atoms with Crippen LogP contribution in [-0.4, -0.2) is 19.3 Å². The molecular formula is C15H23NS. The summed E-state index contributed by atoms with van der Waals surface area (Å²) in [6, 6.07) is 9.19. The lowest BCUT2D eigenvalue weighted by molar-refractivity contribution is 0.255. The third kappa shape index (κ3) is 3.05. The number of piperidine rings is 1. The Morgan fingerprint density at radius 1 is 1.24 bits per heavy atom. The fraction of sp³-hybridized carbons (Fsp3) is 0.600. The smallest absolute Gasteiger partial charge is 0.00693 e. The average molecular weight is 249 g/mol. The van der Waals surface area contributed by atoms with Gasteiger partial charge in [-0.25, -0.2) is 0 Å². The SMILES string of the molecule is CSc1ccc(C2CCNCC2C(C)C)cc1. The quantitative estimate of drug-likeness (QED) is 0.819. The van der Waals surface area contributed by atoms with Crippen LogP contribution in [0.2, 0.25) is 0 Å². The maximum Gasteiger partial charge on any atom is 0.00693 e. The number of nitrogens with one attached hydrogen (secondary N) is 1. The largest absolute Gasteiger partial charge is 0.316 e. The van der Waals surface area contributed by atoms with Crippen molar-refractivity contribution in [2.24, 2.45) is 11.8 Å². The molecule has 1 nitrogen and oxygen atoms in total. The van der Waals surface area contributed by atoms with Crippen molar-refractivity contribution in [3.63, 3.8) is 0 Å². The normalized spacial score (nSPS) is 25.2. The average Bonchev–Trinajstić information content (AvgIpc) is 2.39. The van der Waals surface area contributed by atoms with Crippen molar-refractivity contribution in [1.82, 2.24) is 5.32 Å². The second-order valence-corrected chi connectivity index (χ2v) is 6.16. The third-order valence-electron chi connectivity index (χ3n) is 3.93. The summed E-state index contributed by atoms with van der Waals surface area (Å²) < 4.78 is 0. The predicted octanol–water partition coefficient (Wildman–Crippen LogP) is 3.76. The van der Waals surface area contributed by atoms with E-state index in [0.29, 0.717) is 0 Å². The van der Waals surface area contributed by atoms with Gasteiger partial charge in [-0.2, -0.15) is 0 Å². The highest BCUT2D eigenvalue weighted by molar-refractivity contribution is 7.98. The van der Waals surface area contributed by atoms with Crippen LogP contribution >= 0.6 is 11.8 Å². The predicted molar refractivity (Wildman–Crippen MR) is 76.8 cm³/mol. The fourth-order valence-electron chi connectivity index (χ4n) is 2.85. The summed E-state index contributed by atoms with van der Waals surface area (Å²) in [6.45, 7) is 7.03. The zero-order valence-corrected chi connectivity index (χ0v) is 11.9. The lowest BCUT2D eigenvalue weighted by Gasteiger charge is -2.35. The number of rotatable bonds is 3. The van der Waals surface area contributed by atoms with Crippen molar-refractivity contribution in [1.29, 1.82) is 0 Å². The highest BCUT2D eigenvalue weighted by Gasteiger charge is 2.28. The molecule has 2 rings (SSSR count). The Morgan fingerprint density at radius 2 is 1.94 bits per heavy atom. The van der Waals surface area contributed by atoms with Crippen LogP contribution in [0, 0.1) is 11.8 Å². The fourth-order valence-corrected chi connectivity index (χ4v) is 3.26. The minimum Gasteiger partial charge on any atom is -0.316 e. The first-order valence-corrected chi connectivity index (χ1v) is 7.79. The van der Waals surface area contributed by atoms with Crippen LogP contribution in [0.25, 0.3) is 0 Å². The minimum atomic E-state index is 0.743. The van der Waals surface area contributed by atoms with Gasteiger partial charge < -0.3 is 5.32 Å². The van der Waals surface area contributed by atoms with E-state index in [9.17, 15) is 0 Å². The molecule has 1 aliphatic heterocycles. The van der Waals surface area contributed by atoms with E-state index in [1.165, 1.54) is 23.4 Å². The monoisotopic (exact) mass is 249 g/mol. The van der Waals surface area contributed by atoms with E-state index < -0.39 is 0 Å². The molecule has 2 unspecified atom stereocenters. The second-order valence-electron chi connectivity index (χ2n) is 5.28. The number of hydrogen-bond acceptors (Lipinski definition) is 2. The Hall–Kier alpha value is -0.470. The molecule has 1 N–H and O–H groups in total. The van der Waals surface area contributed by atoms with Gasteiger partial charge >= 0.3 is 0 Å². The van der Waals surface area contributed by atoms with Crippen molar-refractivity contribution in [2.45, 2.75) is 31.1 Å². The first-order chi connectivity index (χ1) is 8.22. The first-order valence-electron chi connectivity index (χ1n) is 6.57. The zero-order valence-electron chi connectivity index (χ0n) is 11.1. The Kier molecular flexibility index (Phi) is 4.52. The Labute approximate surface area is 109 Å². The van der Waals surface area contributed by atoms with Gasteiger partial charge in [0.15, 0.2) is 0 Å². The van der Waals surface area contributed by atoms with E-state index in [2.05, 4.69) is 49.7 Å². The van der Waals surface area contributed by atoms with Crippen LogP contribution in [0.4, 0.5) is 0 Å². The molecule has 1 fully saturated rings. The molecule has 0 aromatic heterocycles. The van der Waals surface area contributed by atoms with Gasteiger partial charge in [-0.3, -0.25) is 0 Å². The Balaban J connectivity index is 2.17. The lowest BCUT2D eigenvalue weighted by Crippen LogP contribution is -2.38. The molecule has 0 bridgehead atoms. The Morgan fingerprint density at radius 3 is 2.53 bits per heavy atom. The molecule has 0 radical (unpaired) electrons. The van der Waals surface area contributed by atoms with Crippen molar-refractivity contribution in [3.8, 4) is 0 Å². The molecule has 0 spiro atoms. The van der Waals surface area contributed by atoms with Gasteiger partial charge in [0.25, 0.3) is 0 Å². The maximum atomic E-state index is 3.53. The summed E-state index contributed by atoms with van der Waals surface area (Å²) in [5, 5.41) is 3.53. The summed E-state index contributed by atoms with van der Waals surface area (Å²) in [7, 11) is 0. The van der Waals surface area contributed by atoms with Crippen LogP contribution in [0.15, 0.2) is 29.2 Å². The van der Waals surface area contributed by atoms with Crippen LogP contribution < -0.4 is 5.32 Å². The molecule has 0 saturated carbocycles. The topological polar surface area (TPSA) is 12.0 Å². The van der Waals surface area contributed by atoms with Gasteiger partial charge in [-0.05, 0) is 61.2 Å². The summed E-state index contributed by atoms with van der Waals surface area (Å²) in [4.78, 5) is 1.36. The second kappa shape index (κ2) is 5.92. The molecule has 1 saturated heterocycles. The number of thioether (sulfide) groups is 1. The third-order valence-corrected chi connectivity index (χ3v) is 4.67. The van der Waals surface area contributed by atoms with Gasteiger partial charge in [0, 0.05) is 4.90 Å². The molecule has 94 valence electrons. The molecule has 0 aliphatic carbocycles. The van der Waals surface area contributed by atoms with E-state index in [4.69, 9.17) is 0 Å². The summed E-state index contributed by atoms with van der Waals surface area (Å²) in [6.07, 6.45) is 3.41. The van der Waals surface area contributed by atoms with E-state index in [1.54, 1.807) is 0 Å². The van der Waals surface area contributed by atoms with Gasteiger partial charge in [0.05, 0.1) is 0 Å². The van der Waals surface area contributed by atoms with Crippen molar-refractivity contribution in [2.75, 3.05) is 19.3 Å². The van der Waals surface area contributed by atoms with E-state index >= 15 is 0 Å². The van der Waals surface area contributed by atoms with Crippen LogP contribution in [0.5, 0.6) is 0 Å². The highest BCUT2D eigenvalue weighted by atomic mass is 32.2. The van der Waals surface area contributed by atoms with Crippen molar-refractivity contribution < 1.29 is 0 Å². The molecule has 2 atom stereocenters. The van der Waals surface area contributed by atoms with Gasteiger partial charge in [0.2, 0.25) is 0 Å². The molecule has 1 heterocycles. The molecule has 17 heavy (non-hydrogen) atoms. The molecule has 1 aromatic carbocycles. The van der Waals surface area contributed by atoms with Crippen LogP contribution in [-0.2, 0) is 0 Å². The highest BCUT2D eigenvalue weighted by Crippen LogP contribution is 2.35. The van der Waals surface area contributed by atoms with E-state index in [0.717, 1.165) is 24.3 Å². The minimum absolute atomic E-state index is 0.743. The number of hydrogen-bond donors (Lipinski definition) is 1. The van der Waals surface area contributed by atoms with Crippen molar-refractivity contribution >= 4 is 11.8 Å². The maximum absolute atomic E-state index is 3.53. The van der Waals surface area contributed by atoms with Gasteiger partial charge in [-0.1, -0.05) is 26.0 Å². The molecular weight excluding hydrogens is 226 g/mol. The standard InChI is InChI=1S/C15H23NS/c1-11(2)15-10-16-9-8-14(15)12-4-6-13(17-3)7-5-12/h4-7,11,14-16H,8-10H2,1-3H3. The summed E-state index contributed by atoms with van der Waals surface area (Å²) in [5.74, 6) is 2.28. The van der Waals surface area contributed by atoms with Crippen LogP contribution in [0.3, 0.4) is 0 Å². The zero-order chi connectivity index (χ0) is 12.3. The Bertz CT molecular complexity index is 344. The summed E-state index contributed by atoms with van der Waals surface area (Å²) >= 11 is 1.82. The van der Waals surface area contributed by atoms with Gasteiger partial charge in [-0.15, -0.1) is 11.8 Å². The van der Waals surface area contributed by atoms with Crippen LogP contribution in [0.1, 0.15) is 31.7 Å².